The smallest absolute Gasteiger partial charge is 0.251 e. The zero-order valence-corrected chi connectivity index (χ0v) is 14.5. The van der Waals surface area contributed by atoms with Gasteiger partial charge in [-0.3, -0.25) is 4.79 Å². The minimum absolute atomic E-state index is 0.00825. The van der Waals surface area contributed by atoms with Gasteiger partial charge in [0.05, 0.1) is 12.2 Å². The quantitative estimate of drug-likeness (QED) is 0.751. The molecule has 1 aromatic carbocycles. The summed E-state index contributed by atoms with van der Waals surface area (Å²) < 4.78 is 2.04. The number of carbonyl (C=O) groups excluding carboxylic acids is 1. The van der Waals surface area contributed by atoms with Gasteiger partial charge in [-0.25, -0.2) is 4.98 Å². The van der Waals surface area contributed by atoms with Gasteiger partial charge in [0.15, 0.2) is 0 Å². The number of aromatic nitrogens is 2. The number of hydrogen-bond donors (Lipinski definition) is 2. The molecule has 0 unspecified atom stereocenters. The first-order valence-corrected chi connectivity index (χ1v) is 8.69. The van der Waals surface area contributed by atoms with Gasteiger partial charge in [0.2, 0.25) is 0 Å². The van der Waals surface area contributed by atoms with Crippen LogP contribution >= 0.6 is 0 Å². The molecule has 0 bridgehead atoms. The van der Waals surface area contributed by atoms with Gasteiger partial charge in [0.25, 0.3) is 5.91 Å². The third-order valence-electron chi connectivity index (χ3n) is 4.60. The van der Waals surface area contributed by atoms with Crippen molar-refractivity contribution in [2.75, 3.05) is 5.32 Å². The number of fused-ring (bicyclic) bond motifs is 1. The van der Waals surface area contributed by atoms with Gasteiger partial charge in [-0.2, -0.15) is 0 Å². The zero-order valence-electron chi connectivity index (χ0n) is 14.5. The maximum atomic E-state index is 12.2. The van der Waals surface area contributed by atoms with E-state index < -0.39 is 0 Å². The molecule has 0 aliphatic heterocycles. The van der Waals surface area contributed by atoms with Crippen molar-refractivity contribution in [2.45, 2.75) is 39.3 Å². The topological polar surface area (TPSA) is 58.4 Å². The second-order valence-corrected chi connectivity index (χ2v) is 6.79. The fourth-order valence-electron chi connectivity index (χ4n) is 2.93. The molecule has 4 rings (SSSR count). The van der Waals surface area contributed by atoms with E-state index in [2.05, 4.69) is 28.6 Å². The van der Waals surface area contributed by atoms with Crippen LogP contribution in [0.15, 0.2) is 42.7 Å². The highest BCUT2D eigenvalue weighted by atomic mass is 16.1. The van der Waals surface area contributed by atoms with Crippen LogP contribution in [0.1, 0.15) is 40.0 Å². The van der Waals surface area contributed by atoms with Gasteiger partial charge in [0.1, 0.15) is 5.65 Å². The fourth-order valence-corrected chi connectivity index (χ4v) is 2.93. The molecule has 2 heterocycles. The van der Waals surface area contributed by atoms with Crippen LogP contribution in [0.25, 0.3) is 5.65 Å². The molecule has 2 N–H and O–H groups in total. The Balaban J connectivity index is 1.51. The van der Waals surface area contributed by atoms with Crippen molar-refractivity contribution in [3.8, 4) is 0 Å². The van der Waals surface area contributed by atoms with Crippen LogP contribution in [0.2, 0.25) is 0 Å². The number of nitrogens with zero attached hydrogens (tertiary/aromatic N) is 2. The summed E-state index contributed by atoms with van der Waals surface area (Å²) in [6.45, 7) is 4.72. The SMILES string of the molecule is Cc1ccc(C(=O)NC2CC2)cc1NCc1cn2cccc(C)c2n1. The summed E-state index contributed by atoms with van der Waals surface area (Å²) in [6.07, 6.45) is 6.23. The van der Waals surface area contributed by atoms with Crippen LogP contribution in [-0.2, 0) is 6.54 Å². The summed E-state index contributed by atoms with van der Waals surface area (Å²) in [6, 6.07) is 10.2. The molecule has 1 aliphatic carbocycles. The standard InChI is InChI=1S/C20H22N4O/c1-13-5-6-15(20(25)23-16-7-8-16)10-18(13)21-11-17-12-24-9-3-4-14(2)19(24)22-17/h3-6,9-10,12,16,21H,7-8,11H2,1-2H3,(H,23,25). The Kier molecular flexibility index (Phi) is 3.92. The Morgan fingerprint density at radius 1 is 1.24 bits per heavy atom. The van der Waals surface area contributed by atoms with E-state index in [9.17, 15) is 4.79 Å². The molecule has 1 fully saturated rings. The molecular weight excluding hydrogens is 312 g/mol. The van der Waals surface area contributed by atoms with Gasteiger partial charge >= 0.3 is 0 Å². The summed E-state index contributed by atoms with van der Waals surface area (Å²) in [7, 11) is 0. The lowest BCUT2D eigenvalue weighted by molar-refractivity contribution is 0.0951. The largest absolute Gasteiger partial charge is 0.379 e. The molecule has 5 heteroatoms. The number of aryl methyl sites for hydroxylation is 2. The zero-order chi connectivity index (χ0) is 17.4. The second-order valence-electron chi connectivity index (χ2n) is 6.79. The molecule has 1 amide bonds. The van der Waals surface area contributed by atoms with Gasteiger partial charge < -0.3 is 15.0 Å². The van der Waals surface area contributed by atoms with Crippen LogP contribution < -0.4 is 10.6 Å². The van der Waals surface area contributed by atoms with Crippen molar-refractivity contribution in [1.82, 2.24) is 14.7 Å². The Labute approximate surface area is 147 Å². The minimum atomic E-state index is 0.00825. The first-order chi connectivity index (χ1) is 12.1. The number of anilines is 1. The highest BCUT2D eigenvalue weighted by Crippen LogP contribution is 2.22. The fraction of sp³-hybridized carbons (Fsp3) is 0.300. The van der Waals surface area contributed by atoms with Crippen molar-refractivity contribution < 1.29 is 4.79 Å². The third-order valence-corrected chi connectivity index (χ3v) is 4.60. The summed E-state index contributed by atoms with van der Waals surface area (Å²) in [4.78, 5) is 16.9. The van der Waals surface area contributed by atoms with Gasteiger partial charge in [-0.1, -0.05) is 12.1 Å². The van der Waals surface area contributed by atoms with E-state index in [-0.39, 0.29) is 5.91 Å². The first-order valence-electron chi connectivity index (χ1n) is 8.69. The number of carbonyl (C=O) groups is 1. The summed E-state index contributed by atoms with van der Waals surface area (Å²) in [5.41, 5.74) is 5.89. The Morgan fingerprint density at radius 2 is 2.08 bits per heavy atom. The summed E-state index contributed by atoms with van der Waals surface area (Å²) in [5, 5.41) is 6.45. The maximum absolute atomic E-state index is 12.2. The molecule has 0 spiro atoms. The summed E-state index contributed by atoms with van der Waals surface area (Å²) >= 11 is 0. The predicted octanol–water partition coefficient (Wildman–Crippen LogP) is 3.46. The molecule has 0 radical (unpaired) electrons. The van der Waals surface area contributed by atoms with Crippen molar-refractivity contribution in [3.05, 3.63) is 65.1 Å². The van der Waals surface area contributed by atoms with Crippen LogP contribution in [0.5, 0.6) is 0 Å². The van der Waals surface area contributed by atoms with Crippen LogP contribution in [0, 0.1) is 13.8 Å². The van der Waals surface area contributed by atoms with Gasteiger partial charge in [0, 0.05) is 29.7 Å². The third kappa shape index (κ3) is 3.36. The van der Waals surface area contributed by atoms with Crippen LogP contribution in [0.3, 0.4) is 0 Å². The monoisotopic (exact) mass is 334 g/mol. The lowest BCUT2D eigenvalue weighted by Crippen LogP contribution is -2.25. The van der Waals surface area contributed by atoms with E-state index in [1.165, 1.54) is 0 Å². The lowest BCUT2D eigenvalue weighted by Gasteiger charge is -2.11. The summed E-state index contributed by atoms with van der Waals surface area (Å²) in [5.74, 6) is 0.00825. The molecule has 1 aliphatic rings. The van der Waals surface area contributed by atoms with E-state index in [1.54, 1.807) is 0 Å². The molecule has 5 nitrogen and oxygen atoms in total. The van der Waals surface area contributed by atoms with Crippen molar-refractivity contribution in [3.63, 3.8) is 0 Å². The van der Waals surface area contributed by atoms with Gasteiger partial charge in [-0.15, -0.1) is 0 Å². The van der Waals surface area contributed by atoms with Crippen molar-refractivity contribution >= 4 is 17.2 Å². The molecule has 2 aromatic heterocycles. The maximum Gasteiger partial charge on any atom is 0.251 e. The Hall–Kier alpha value is -2.82. The van der Waals surface area contributed by atoms with Crippen LogP contribution in [-0.4, -0.2) is 21.3 Å². The van der Waals surface area contributed by atoms with E-state index in [0.717, 1.165) is 41.0 Å². The molecular formula is C20H22N4O. The van der Waals surface area contributed by atoms with Crippen molar-refractivity contribution in [2.24, 2.45) is 0 Å². The normalized spacial score (nSPS) is 13.8. The number of rotatable bonds is 5. The van der Waals surface area contributed by atoms with E-state index >= 15 is 0 Å². The highest BCUT2D eigenvalue weighted by Gasteiger charge is 2.23. The number of benzene rings is 1. The first kappa shape index (κ1) is 15.7. The average molecular weight is 334 g/mol. The number of nitrogens with one attached hydrogen (secondary N) is 2. The minimum Gasteiger partial charge on any atom is -0.379 e. The molecule has 0 atom stereocenters. The number of imidazole rings is 1. The molecule has 25 heavy (non-hydrogen) atoms. The molecule has 0 saturated heterocycles. The van der Waals surface area contributed by atoms with E-state index in [1.807, 2.05) is 48.0 Å². The van der Waals surface area contributed by atoms with E-state index in [4.69, 9.17) is 0 Å². The number of amides is 1. The highest BCUT2D eigenvalue weighted by molar-refractivity contribution is 5.95. The Morgan fingerprint density at radius 3 is 2.84 bits per heavy atom. The van der Waals surface area contributed by atoms with E-state index in [0.29, 0.717) is 18.2 Å². The molecule has 3 aromatic rings. The second kappa shape index (κ2) is 6.24. The average Bonchev–Trinajstić information content (AvgIpc) is 3.30. The Bertz CT molecular complexity index is 940. The number of hydrogen-bond acceptors (Lipinski definition) is 3. The number of pyridine rings is 1. The van der Waals surface area contributed by atoms with Crippen molar-refractivity contribution in [1.29, 1.82) is 0 Å². The molecule has 128 valence electrons. The lowest BCUT2D eigenvalue weighted by atomic mass is 10.1. The predicted molar refractivity (Wildman–Crippen MR) is 98.9 cm³/mol. The van der Waals surface area contributed by atoms with Gasteiger partial charge in [-0.05, 0) is 56.0 Å². The van der Waals surface area contributed by atoms with Crippen LogP contribution in [0.4, 0.5) is 5.69 Å². The molecule has 1 saturated carbocycles.